The Bertz CT molecular complexity index is 1290. The number of esters is 1. The lowest BCUT2D eigenvalue weighted by Crippen LogP contribution is -2.44. The number of carbonyl (C=O) groups excluding carboxylic acids is 2. The maximum absolute atomic E-state index is 13.5. The van der Waals surface area contributed by atoms with E-state index in [0.29, 0.717) is 6.42 Å². The topological polar surface area (TPSA) is 145 Å². The molecule has 1 aromatic heterocycles. The van der Waals surface area contributed by atoms with Crippen molar-refractivity contribution in [2.75, 3.05) is 13.7 Å². The molecule has 11 heteroatoms. The summed E-state index contributed by atoms with van der Waals surface area (Å²) >= 11 is 0. The highest BCUT2D eigenvalue weighted by Crippen LogP contribution is 2.25. The number of aromatic nitrogens is 1. The van der Waals surface area contributed by atoms with E-state index in [0.717, 1.165) is 11.1 Å². The van der Waals surface area contributed by atoms with E-state index in [1.54, 1.807) is 12.3 Å². The molecule has 0 aliphatic carbocycles. The van der Waals surface area contributed by atoms with Gasteiger partial charge in [-0.1, -0.05) is 72.7 Å². The Labute approximate surface area is 219 Å². The summed E-state index contributed by atoms with van der Waals surface area (Å²) in [6.45, 7) is 3.71. The van der Waals surface area contributed by atoms with Gasteiger partial charge in [-0.05, 0) is 36.1 Å². The minimum atomic E-state index is -1.03. The van der Waals surface area contributed by atoms with Gasteiger partial charge in [-0.25, -0.2) is 14.9 Å². The molecule has 0 aliphatic rings. The number of amides is 1. The molecule has 3 aromatic rings. The SMILES string of the molecule is C=C(NCCCC(NC(=O)c1cccn(C(c2ccccc2)c2ccccc2)c1=O)C(=O)OC)N[N+](=O)[O-]. The van der Waals surface area contributed by atoms with Gasteiger partial charge in [-0.3, -0.25) is 9.59 Å². The van der Waals surface area contributed by atoms with E-state index >= 15 is 0 Å². The van der Waals surface area contributed by atoms with Crippen molar-refractivity contribution in [1.82, 2.24) is 20.6 Å². The molecule has 198 valence electrons. The second kappa shape index (κ2) is 13.4. The summed E-state index contributed by atoms with van der Waals surface area (Å²) in [5, 5.41) is 15.0. The number of ether oxygens (including phenoxy) is 1. The van der Waals surface area contributed by atoms with Gasteiger partial charge in [0.15, 0.2) is 10.9 Å². The third kappa shape index (κ3) is 7.29. The normalized spacial score (nSPS) is 11.3. The molecule has 3 rings (SSSR count). The van der Waals surface area contributed by atoms with Crippen LogP contribution in [0.1, 0.15) is 40.4 Å². The summed E-state index contributed by atoms with van der Waals surface area (Å²) in [7, 11) is 1.20. The van der Waals surface area contributed by atoms with Crippen LogP contribution in [0.4, 0.5) is 0 Å². The van der Waals surface area contributed by atoms with Gasteiger partial charge in [0, 0.05) is 12.7 Å². The summed E-state index contributed by atoms with van der Waals surface area (Å²) in [5.41, 5.74) is 2.97. The first kappa shape index (κ1) is 27.7. The Kier molecular flexibility index (Phi) is 9.75. The number of hydrogen-bond acceptors (Lipinski definition) is 7. The first-order valence-electron chi connectivity index (χ1n) is 11.9. The Morgan fingerprint density at radius 1 is 1.03 bits per heavy atom. The van der Waals surface area contributed by atoms with Crippen LogP contribution in [-0.2, 0) is 9.53 Å². The maximum atomic E-state index is 13.5. The molecule has 1 atom stereocenters. The molecule has 0 fully saturated rings. The van der Waals surface area contributed by atoms with Gasteiger partial charge in [0.2, 0.25) is 0 Å². The van der Waals surface area contributed by atoms with Crippen molar-refractivity contribution in [3.63, 3.8) is 0 Å². The molecule has 0 saturated carbocycles. The zero-order valence-electron chi connectivity index (χ0n) is 20.8. The first-order chi connectivity index (χ1) is 18.3. The van der Waals surface area contributed by atoms with Gasteiger partial charge in [-0.15, -0.1) is 0 Å². The average Bonchev–Trinajstić information content (AvgIpc) is 2.91. The third-order valence-corrected chi connectivity index (χ3v) is 5.75. The van der Waals surface area contributed by atoms with Crippen molar-refractivity contribution in [1.29, 1.82) is 0 Å². The molecule has 38 heavy (non-hydrogen) atoms. The standard InChI is InChI=1S/C27H29N5O6/c1-19(30-32(36)37)28-17-9-16-23(27(35)38-2)29-25(33)22-15-10-18-31(26(22)34)24(20-11-5-3-6-12-20)21-13-7-4-8-14-21/h3-8,10-15,18,23-24,28,30H,1,9,16-17H2,2H3,(H,29,33). The molecule has 11 nitrogen and oxygen atoms in total. The molecule has 0 saturated heterocycles. The Balaban J connectivity index is 1.81. The van der Waals surface area contributed by atoms with Gasteiger partial charge in [0.05, 0.1) is 13.2 Å². The monoisotopic (exact) mass is 519 g/mol. The molecule has 1 amide bonds. The highest BCUT2D eigenvalue weighted by molar-refractivity contribution is 5.96. The van der Waals surface area contributed by atoms with Crippen molar-refractivity contribution in [2.24, 2.45) is 0 Å². The van der Waals surface area contributed by atoms with Crippen LogP contribution in [0.2, 0.25) is 0 Å². The van der Waals surface area contributed by atoms with Gasteiger partial charge < -0.3 is 19.9 Å². The summed E-state index contributed by atoms with van der Waals surface area (Å²) in [4.78, 5) is 49.5. The molecule has 2 aromatic carbocycles. The number of hydrogen-bond donors (Lipinski definition) is 3. The Hall–Kier alpha value is -4.93. The van der Waals surface area contributed by atoms with E-state index in [-0.39, 0.29) is 24.4 Å². The molecule has 0 aliphatic heterocycles. The van der Waals surface area contributed by atoms with Gasteiger partial charge in [-0.2, -0.15) is 0 Å². The summed E-state index contributed by atoms with van der Waals surface area (Å²) in [5.74, 6) is -1.40. The van der Waals surface area contributed by atoms with Gasteiger partial charge in [0.25, 0.3) is 11.5 Å². The molecule has 0 spiro atoms. The number of pyridine rings is 1. The zero-order chi connectivity index (χ0) is 27.5. The molecular formula is C27H29N5O6. The quantitative estimate of drug-likeness (QED) is 0.135. The smallest absolute Gasteiger partial charge is 0.328 e. The average molecular weight is 520 g/mol. The number of carbonyl (C=O) groups is 2. The summed E-state index contributed by atoms with van der Waals surface area (Å²) in [6, 6.07) is 20.5. The minimum absolute atomic E-state index is 0.00937. The van der Waals surface area contributed by atoms with Crippen molar-refractivity contribution in [2.45, 2.75) is 24.9 Å². The lowest BCUT2D eigenvalue weighted by molar-refractivity contribution is -0.536. The highest BCUT2D eigenvalue weighted by Gasteiger charge is 2.25. The van der Waals surface area contributed by atoms with E-state index in [9.17, 15) is 24.5 Å². The number of benzene rings is 2. The van der Waals surface area contributed by atoms with E-state index in [1.807, 2.05) is 66.1 Å². The summed E-state index contributed by atoms with van der Waals surface area (Å²) < 4.78 is 6.30. The van der Waals surface area contributed by atoms with Crippen LogP contribution in [0.25, 0.3) is 0 Å². The number of methoxy groups -OCH3 is 1. The van der Waals surface area contributed by atoms with Crippen molar-refractivity contribution in [3.05, 3.63) is 129 Å². The maximum Gasteiger partial charge on any atom is 0.328 e. The molecule has 0 radical (unpaired) electrons. The van der Waals surface area contributed by atoms with Crippen LogP contribution in [0.3, 0.4) is 0 Å². The van der Waals surface area contributed by atoms with Gasteiger partial charge >= 0.3 is 5.97 Å². The van der Waals surface area contributed by atoms with E-state index in [4.69, 9.17) is 4.74 Å². The van der Waals surface area contributed by atoms with Crippen LogP contribution < -0.4 is 21.6 Å². The van der Waals surface area contributed by atoms with Gasteiger partial charge in [0.1, 0.15) is 11.6 Å². The highest BCUT2D eigenvalue weighted by atomic mass is 16.7. The number of rotatable bonds is 13. The van der Waals surface area contributed by atoms with E-state index < -0.39 is 34.6 Å². The van der Waals surface area contributed by atoms with Crippen molar-refractivity contribution < 1.29 is 19.4 Å². The van der Waals surface area contributed by atoms with Crippen molar-refractivity contribution >= 4 is 11.9 Å². The summed E-state index contributed by atoms with van der Waals surface area (Å²) in [6.07, 6.45) is 2.13. The predicted molar refractivity (Wildman–Crippen MR) is 141 cm³/mol. The lowest BCUT2D eigenvalue weighted by Gasteiger charge is -2.22. The Morgan fingerprint density at radius 3 is 2.18 bits per heavy atom. The fourth-order valence-electron chi connectivity index (χ4n) is 3.99. The van der Waals surface area contributed by atoms with Crippen LogP contribution >= 0.6 is 0 Å². The lowest BCUT2D eigenvalue weighted by atomic mass is 9.98. The largest absolute Gasteiger partial charge is 0.467 e. The molecule has 1 unspecified atom stereocenters. The van der Waals surface area contributed by atoms with Crippen LogP contribution in [0, 0.1) is 10.1 Å². The number of nitrogens with zero attached hydrogens (tertiary/aromatic N) is 2. The van der Waals surface area contributed by atoms with Crippen LogP contribution in [-0.4, -0.2) is 41.2 Å². The zero-order valence-corrected chi connectivity index (χ0v) is 20.8. The third-order valence-electron chi connectivity index (χ3n) is 5.75. The van der Waals surface area contributed by atoms with Crippen LogP contribution in [0.15, 0.2) is 96.2 Å². The van der Waals surface area contributed by atoms with Crippen molar-refractivity contribution in [3.8, 4) is 0 Å². The number of hydrazine groups is 1. The number of nitrogens with one attached hydrogen (secondary N) is 3. The molecule has 1 heterocycles. The Morgan fingerprint density at radius 2 is 1.63 bits per heavy atom. The minimum Gasteiger partial charge on any atom is -0.467 e. The van der Waals surface area contributed by atoms with E-state index in [2.05, 4.69) is 17.2 Å². The molecule has 0 bridgehead atoms. The fraction of sp³-hybridized carbons (Fsp3) is 0.222. The second-order valence-corrected chi connectivity index (χ2v) is 8.32. The number of nitro groups is 1. The fourth-order valence-corrected chi connectivity index (χ4v) is 3.99. The van der Waals surface area contributed by atoms with Crippen LogP contribution in [0.5, 0.6) is 0 Å². The first-order valence-corrected chi connectivity index (χ1v) is 11.9. The van der Waals surface area contributed by atoms with E-state index in [1.165, 1.54) is 17.7 Å². The molecular weight excluding hydrogens is 490 g/mol. The molecule has 3 N–H and O–H groups in total. The second-order valence-electron chi connectivity index (χ2n) is 8.32. The predicted octanol–water partition coefficient (Wildman–Crippen LogP) is 2.38.